The molecule has 2 N–H and O–H groups in total. The molecule has 1 heterocycles. The van der Waals surface area contributed by atoms with Gasteiger partial charge in [-0.05, 0) is 51.3 Å². The second-order valence-electron chi connectivity index (χ2n) is 6.14. The van der Waals surface area contributed by atoms with Crippen molar-refractivity contribution in [2.45, 2.75) is 11.3 Å². The third-order valence-electron chi connectivity index (χ3n) is 3.76. The van der Waals surface area contributed by atoms with Crippen molar-refractivity contribution in [2.75, 3.05) is 51.4 Å². The van der Waals surface area contributed by atoms with Gasteiger partial charge in [-0.15, -0.1) is 0 Å². The van der Waals surface area contributed by atoms with Crippen molar-refractivity contribution in [3.8, 4) is 11.5 Å². The zero-order valence-corrected chi connectivity index (χ0v) is 16.8. The first kappa shape index (κ1) is 20.8. The second-order valence-corrected chi connectivity index (χ2v) is 7.79. The van der Waals surface area contributed by atoms with Gasteiger partial charge in [-0.3, -0.25) is 4.72 Å². The van der Waals surface area contributed by atoms with Crippen molar-refractivity contribution in [3.05, 3.63) is 36.5 Å². The maximum absolute atomic E-state index is 12.7. The first-order valence-electron chi connectivity index (χ1n) is 8.45. The highest BCUT2D eigenvalue weighted by Gasteiger charge is 2.20. The maximum Gasteiger partial charge on any atom is 0.265 e. The summed E-state index contributed by atoms with van der Waals surface area (Å²) >= 11 is 0. The lowest BCUT2D eigenvalue weighted by molar-refractivity contribution is 0.386. The van der Waals surface area contributed by atoms with Gasteiger partial charge in [0.1, 0.15) is 22.2 Å². The Kier molecular flexibility index (Phi) is 7.26. The topological polar surface area (TPSA) is 92.8 Å². The lowest BCUT2D eigenvalue weighted by Crippen LogP contribution is -2.17. The van der Waals surface area contributed by atoms with Crippen molar-refractivity contribution in [2.24, 2.45) is 0 Å². The van der Waals surface area contributed by atoms with Gasteiger partial charge in [-0.2, -0.15) is 0 Å². The molecule has 0 saturated carbocycles. The van der Waals surface area contributed by atoms with Crippen molar-refractivity contribution in [3.63, 3.8) is 0 Å². The fourth-order valence-electron chi connectivity index (χ4n) is 2.38. The molecule has 0 radical (unpaired) electrons. The first-order valence-corrected chi connectivity index (χ1v) is 9.93. The Morgan fingerprint density at radius 1 is 1.11 bits per heavy atom. The Morgan fingerprint density at radius 3 is 2.48 bits per heavy atom. The van der Waals surface area contributed by atoms with Crippen LogP contribution in [-0.2, 0) is 10.0 Å². The number of aromatic nitrogens is 1. The summed E-state index contributed by atoms with van der Waals surface area (Å²) in [4.78, 5) is 6.38. The number of pyridine rings is 1. The van der Waals surface area contributed by atoms with Crippen LogP contribution in [0.1, 0.15) is 6.42 Å². The van der Waals surface area contributed by atoms with E-state index in [9.17, 15) is 8.42 Å². The van der Waals surface area contributed by atoms with E-state index in [1.54, 1.807) is 18.2 Å². The Hall–Kier alpha value is -2.52. The molecule has 1 aromatic heterocycles. The summed E-state index contributed by atoms with van der Waals surface area (Å²) in [7, 11) is 3.14. The fraction of sp³-hybridized carbons (Fsp3) is 0.389. The van der Waals surface area contributed by atoms with Gasteiger partial charge in [-0.1, -0.05) is 0 Å². The number of nitrogens with one attached hydrogen (secondary N) is 2. The van der Waals surface area contributed by atoms with E-state index in [4.69, 9.17) is 9.47 Å². The predicted octanol–water partition coefficient (Wildman–Crippen LogP) is 2.26. The van der Waals surface area contributed by atoms with Crippen molar-refractivity contribution >= 4 is 21.5 Å². The van der Waals surface area contributed by atoms with Gasteiger partial charge in [0, 0.05) is 12.6 Å². The molecule has 0 aliphatic rings. The molecule has 148 valence electrons. The summed E-state index contributed by atoms with van der Waals surface area (Å²) in [6, 6.07) is 7.92. The van der Waals surface area contributed by atoms with Crippen LogP contribution in [0, 0.1) is 0 Å². The summed E-state index contributed by atoms with van der Waals surface area (Å²) < 4.78 is 38.1. The predicted molar refractivity (Wildman–Crippen MR) is 106 cm³/mol. The Bertz CT molecular complexity index is 839. The van der Waals surface area contributed by atoms with Crippen LogP contribution in [-0.4, -0.2) is 59.7 Å². The molecule has 8 nitrogen and oxygen atoms in total. The van der Waals surface area contributed by atoms with E-state index in [1.807, 2.05) is 14.1 Å². The van der Waals surface area contributed by atoms with Crippen molar-refractivity contribution < 1.29 is 17.9 Å². The van der Waals surface area contributed by atoms with Crippen LogP contribution in [0.4, 0.5) is 11.5 Å². The summed E-state index contributed by atoms with van der Waals surface area (Å²) in [5, 5.41) is 3.20. The van der Waals surface area contributed by atoms with Crippen molar-refractivity contribution in [1.29, 1.82) is 0 Å². The second kappa shape index (κ2) is 9.43. The van der Waals surface area contributed by atoms with Crippen LogP contribution in [0.25, 0.3) is 0 Å². The highest BCUT2D eigenvalue weighted by atomic mass is 32.2. The summed E-state index contributed by atoms with van der Waals surface area (Å²) in [5.74, 6) is 1.41. The minimum absolute atomic E-state index is 0.0247. The zero-order valence-electron chi connectivity index (χ0n) is 16.0. The number of hydrogen-bond donors (Lipinski definition) is 2. The largest absolute Gasteiger partial charge is 0.497 e. The van der Waals surface area contributed by atoms with E-state index in [1.165, 1.54) is 32.5 Å². The Labute approximate surface area is 160 Å². The Morgan fingerprint density at radius 2 is 1.89 bits per heavy atom. The van der Waals surface area contributed by atoms with Gasteiger partial charge in [0.25, 0.3) is 10.0 Å². The van der Waals surface area contributed by atoms with Gasteiger partial charge < -0.3 is 19.7 Å². The molecule has 0 bridgehead atoms. The average molecular weight is 394 g/mol. The van der Waals surface area contributed by atoms with Crippen LogP contribution in [0.3, 0.4) is 0 Å². The van der Waals surface area contributed by atoms with Gasteiger partial charge in [-0.25, -0.2) is 13.4 Å². The number of rotatable bonds is 10. The van der Waals surface area contributed by atoms with Crippen LogP contribution < -0.4 is 19.5 Å². The summed E-state index contributed by atoms with van der Waals surface area (Å²) in [5.41, 5.74) is 0.367. The molecular weight excluding hydrogens is 368 g/mol. The monoisotopic (exact) mass is 394 g/mol. The van der Waals surface area contributed by atoms with Gasteiger partial charge in [0.2, 0.25) is 0 Å². The van der Waals surface area contributed by atoms with Gasteiger partial charge in [0.05, 0.1) is 26.1 Å². The molecule has 0 atom stereocenters. The van der Waals surface area contributed by atoms with Crippen LogP contribution >= 0.6 is 0 Å². The molecule has 0 unspecified atom stereocenters. The maximum atomic E-state index is 12.7. The SMILES string of the molecule is COc1ccc(S(=O)(=O)Nc2ccc(NCCCN(C)C)nc2)c(OC)c1. The number of anilines is 2. The van der Waals surface area contributed by atoms with Gasteiger partial charge in [0.15, 0.2) is 0 Å². The minimum Gasteiger partial charge on any atom is -0.497 e. The van der Waals surface area contributed by atoms with E-state index in [0.717, 1.165) is 19.5 Å². The van der Waals surface area contributed by atoms with Crippen molar-refractivity contribution in [1.82, 2.24) is 9.88 Å². The first-order chi connectivity index (χ1) is 12.9. The molecular formula is C18H26N4O4S. The van der Waals surface area contributed by atoms with E-state index in [0.29, 0.717) is 17.3 Å². The molecule has 0 saturated heterocycles. The molecule has 0 aliphatic heterocycles. The molecule has 0 spiro atoms. The molecule has 1 aromatic carbocycles. The molecule has 0 aliphatic carbocycles. The van der Waals surface area contributed by atoms with E-state index in [2.05, 4.69) is 19.9 Å². The summed E-state index contributed by atoms with van der Waals surface area (Å²) in [6.45, 7) is 1.77. The van der Waals surface area contributed by atoms with Crippen LogP contribution in [0.2, 0.25) is 0 Å². The number of ether oxygens (including phenoxy) is 2. The molecule has 0 fully saturated rings. The number of benzene rings is 1. The zero-order chi connectivity index (χ0) is 19.9. The molecule has 2 rings (SSSR count). The highest BCUT2D eigenvalue weighted by Crippen LogP contribution is 2.29. The van der Waals surface area contributed by atoms with E-state index in [-0.39, 0.29) is 10.6 Å². The Balaban J connectivity index is 2.05. The number of hydrogen-bond acceptors (Lipinski definition) is 7. The lowest BCUT2D eigenvalue weighted by atomic mass is 10.3. The van der Waals surface area contributed by atoms with Gasteiger partial charge >= 0.3 is 0 Å². The molecule has 0 amide bonds. The molecule has 9 heteroatoms. The standard InChI is InChI=1S/C18H26N4O4S/c1-22(2)11-5-10-19-18-9-6-14(13-20-18)21-27(23,24)17-8-7-15(25-3)12-16(17)26-4/h6-9,12-13,21H,5,10-11H2,1-4H3,(H,19,20). The number of sulfonamides is 1. The highest BCUT2D eigenvalue weighted by molar-refractivity contribution is 7.92. The fourth-order valence-corrected chi connectivity index (χ4v) is 3.57. The lowest BCUT2D eigenvalue weighted by Gasteiger charge is -2.13. The molecule has 27 heavy (non-hydrogen) atoms. The number of methoxy groups -OCH3 is 2. The number of nitrogens with zero attached hydrogens (tertiary/aromatic N) is 2. The van der Waals surface area contributed by atoms with Crippen LogP contribution in [0.15, 0.2) is 41.4 Å². The minimum atomic E-state index is -3.82. The van der Waals surface area contributed by atoms with Crippen LogP contribution in [0.5, 0.6) is 11.5 Å². The van der Waals surface area contributed by atoms with E-state index >= 15 is 0 Å². The summed E-state index contributed by atoms with van der Waals surface area (Å²) in [6.07, 6.45) is 2.46. The normalized spacial score (nSPS) is 11.3. The third kappa shape index (κ3) is 6.00. The smallest absolute Gasteiger partial charge is 0.265 e. The molecule has 2 aromatic rings. The quantitative estimate of drug-likeness (QED) is 0.597. The van der Waals surface area contributed by atoms with E-state index < -0.39 is 10.0 Å². The third-order valence-corrected chi connectivity index (χ3v) is 5.18. The average Bonchev–Trinajstić information content (AvgIpc) is 2.65.